The molecule has 0 spiro atoms. The number of thioether (sulfide) groups is 1. The Balaban J connectivity index is 1.93. The van der Waals surface area contributed by atoms with E-state index in [4.69, 9.17) is 4.74 Å². The van der Waals surface area contributed by atoms with E-state index in [1.165, 1.54) is 23.8 Å². The Kier molecular flexibility index (Phi) is 5.22. The van der Waals surface area contributed by atoms with E-state index >= 15 is 0 Å². The molecule has 0 unspecified atom stereocenters. The van der Waals surface area contributed by atoms with Crippen molar-refractivity contribution in [2.75, 3.05) is 17.8 Å². The quantitative estimate of drug-likeness (QED) is 0.457. The summed E-state index contributed by atoms with van der Waals surface area (Å²) >= 11 is 1.46. The van der Waals surface area contributed by atoms with E-state index in [-0.39, 0.29) is 11.8 Å². The number of methoxy groups -OCH3 is 1. The summed E-state index contributed by atoms with van der Waals surface area (Å²) in [6, 6.07) is 7.85. The lowest BCUT2D eigenvalue weighted by Crippen LogP contribution is -2.36. The summed E-state index contributed by atoms with van der Waals surface area (Å²) in [6.45, 7) is 2.08. The third-order valence-electron chi connectivity index (χ3n) is 4.43. The number of nitrogens with zero attached hydrogens (tertiary/aromatic N) is 2. The maximum Gasteiger partial charge on any atom is 0.331 e. The molecule has 0 aromatic heterocycles. The molecule has 25 heavy (non-hydrogen) atoms. The molecule has 2 aliphatic heterocycles. The zero-order chi connectivity index (χ0) is 18.0. The molecule has 2 heterocycles. The molecule has 0 saturated carbocycles. The van der Waals surface area contributed by atoms with Gasteiger partial charge in [-0.1, -0.05) is 31.5 Å². The fraction of sp³-hybridized carbons (Fsp3) is 0.444. The highest BCUT2D eigenvalue weighted by Gasteiger charge is 2.59. The number of hydrogen-bond acceptors (Lipinski definition) is 6. The van der Waals surface area contributed by atoms with Crippen LogP contribution in [0, 0.1) is 11.8 Å². The second-order valence-electron chi connectivity index (χ2n) is 5.99. The summed E-state index contributed by atoms with van der Waals surface area (Å²) in [7, 11) is 1.27. The van der Waals surface area contributed by atoms with Crippen molar-refractivity contribution < 1.29 is 19.1 Å². The van der Waals surface area contributed by atoms with Gasteiger partial charge in [0, 0.05) is 0 Å². The molecule has 3 atom stereocenters. The largest absolute Gasteiger partial charge is 0.467 e. The van der Waals surface area contributed by atoms with E-state index in [0.717, 1.165) is 18.6 Å². The highest BCUT2D eigenvalue weighted by atomic mass is 32.2. The number of ether oxygens (including phenoxy) is 1. The average Bonchev–Trinajstić information content (AvgIpc) is 3.13. The molecule has 1 aromatic rings. The van der Waals surface area contributed by atoms with Gasteiger partial charge in [-0.15, -0.1) is 11.8 Å². The number of fused-ring (bicyclic) bond motifs is 1. The van der Waals surface area contributed by atoms with Gasteiger partial charge < -0.3 is 4.74 Å². The van der Waals surface area contributed by atoms with Crippen LogP contribution in [0.2, 0.25) is 0 Å². The highest BCUT2D eigenvalue weighted by Crippen LogP contribution is 2.42. The first-order chi connectivity index (χ1) is 12.1. The topological polar surface area (TPSA) is 76.0 Å². The summed E-state index contributed by atoms with van der Waals surface area (Å²) in [5.41, 5.74) is 0.522. The molecule has 3 rings (SSSR count). The van der Waals surface area contributed by atoms with Crippen LogP contribution in [0.15, 0.2) is 35.3 Å². The summed E-state index contributed by atoms with van der Waals surface area (Å²) in [5, 5.41) is 0.575. The Morgan fingerprint density at radius 2 is 1.96 bits per heavy atom. The van der Waals surface area contributed by atoms with Crippen LogP contribution in [0.1, 0.15) is 19.8 Å². The highest BCUT2D eigenvalue weighted by molar-refractivity contribution is 8.14. The number of imide groups is 1. The zero-order valence-electron chi connectivity index (χ0n) is 14.2. The molecular weight excluding hydrogens is 340 g/mol. The van der Waals surface area contributed by atoms with Crippen molar-refractivity contribution in [1.82, 2.24) is 0 Å². The number of carbonyl (C=O) groups is 3. The summed E-state index contributed by atoms with van der Waals surface area (Å²) in [6.07, 6.45) is 2.01. The molecule has 0 N–H and O–H groups in total. The predicted molar refractivity (Wildman–Crippen MR) is 96.5 cm³/mol. The smallest absolute Gasteiger partial charge is 0.331 e. The number of anilines is 1. The first-order valence-corrected chi connectivity index (χ1v) is 9.29. The zero-order valence-corrected chi connectivity index (χ0v) is 15.0. The van der Waals surface area contributed by atoms with Gasteiger partial charge >= 0.3 is 5.97 Å². The van der Waals surface area contributed by atoms with Crippen molar-refractivity contribution in [1.29, 1.82) is 0 Å². The molecule has 7 heteroatoms. The van der Waals surface area contributed by atoms with Crippen LogP contribution in [0.5, 0.6) is 0 Å². The maximum atomic E-state index is 13.0. The van der Waals surface area contributed by atoms with Crippen molar-refractivity contribution in [3.8, 4) is 0 Å². The maximum absolute atomic E-state index is 13.0. The van der Waals surface area contributed by atoms with Crippen molar-refractivity contribution in [3.63, 3.8) is 0 Å². The summed E-state index contributed by atoms with van der Waals surface area (Å²) < 4.78 is 4.80. The van der Waals surface area contributed by atoms with Gasteiger partial charge in [0.25, 0.3) is 0 Å². The molecular formula is C18H20N2O4S. The molecule has 2 amide bonds. The second kappa shape index (κ2) is 7.39. The van der Waals surface area contributed by atoms with Crippen LogP contribution in [0.25, 0.3) is 0 Å². The third-order valence-corrected chi connectivity index (χ3v) is 5.58. The SMILES string of the molecule is CCCCSC1=N[C@H](C(=O)OC)[C@@H]2C(=O)N(c3ccccc3)C(=O)[C@H]12. The van der Waals surface area contributed by atoms with Gasteiger partial charge in [0.1, 0.15) is 5.92 Å². The monoisotopic (exact) mass is 360 g/mol. The number of rotatable bonds is 5. The Morgan fingerprint density at radius 1 is 1.24 bits per heavy atom. The number of unbranched alkanes of at least 4 members (excludes halogenated alkanes) is 1. The molecule has 2 aliphatic rings. The number of carbonyl (C=O) groups excluding carboxylic acids is 3. The van der Waals surface area contributed by atoms with Crippen molar-refractivity contribution in [2.24, 2.45) is 16.8 Å². The lowest BCUT2D eigenvalue weighted by atomic mass is 9.92. The van der Waals surface area contributed by atoms with Gasteiger partial charge in [-0.2, -0.15) is 0 Å². The van der Waals surface area contributed by atoms with Gasteiger partial charge in [-0.3, -0.25) is 14.6 Å². The van der Waals surface area contributed by atoms with Crippen molar-refractivity contribution in [2.45, 2.75) is 25.8 Å². The molecule has 6 nitrogen and oxygen atoms in total. The van der Waals surface area contributed by atoms with Crippen LogP contribution in [0.4, 0.5) is 5.69 Å². The van der Waals surface area contributed by atoms with Crippen molar-refractivity contribution in [3.05, 3.63) is 30.3 Å². The van der Waals surface area contributed by atoms with E-state index in [2.05, 4.69) is 11.9 Å². The Bertz CT molecular complexity index is 719. The fourth-order valence-electron chi connectivity index (χ4n) is 3.17. The van der Waals surface area contributed by atoms with E-state index in [0.29, 0.717) is 10.7 Å². The number of para-hydroxylation sites is 1. The third kappa shape index (κ3) is 3.08. The van der Waals surface area contributed by atoms with Crippen LogP contribution < -0.4 is 4.90 Å². The lowest BCUT2D eigenvalue weighted by molar-refractivity contribution is -0.145. The van der Waals surface area contributed by atoms with Crippen LogP contribution in [-0.4, -0.2) is 41.7 Å². The van der Waals surface area contributed by atoms with Gasteiger partial charge in [0.2, 0.25) is 11.8 Å². The minimum absolute atomic E-state index is 0.310. The number of hydrogen-bond donors (Lipinski definition) is 0. The predicted octanol–water partition coefficient (Wildman–Crippen LogP) is 2.28. The number of benzene rings is 1. The van der Waals surface area contributed by atoms with E-state index < -0.39 is 23.8 Å². The summed E-state index contributed by atoms with van der Waals surface area (Å²) in [5.74, 6) is -1.94. The minimum Gasteiger partial charge on any atom is -0.467 e. The standard InChI is InChI=1S/C18H20N2O4S/c1-3-4-10-25-15-13-12(14(19-15)18(23)24-2)16(21)20(17(13)22)11-8-6-5-7-9-11/h5-9,12-14H,3-4,10H2,1-2H3/t12-,13+,14+/m1/s1. The number of esters is 1. The van der Waals surface area contributed by atoms with Crippen LogP contribution >= 0.6 is 11.8 Å². The van der Waals surface area contributed by atoms with E-state index in [1.807, 2.05) is 6.07 Å². The average molecular weight is 360 g/mol. The minimum atomic E-state index is -0.940. The van der Waals surface area contributed by atoms with Gasteiger partial charge in [-0.25, -0.2) is 9.69 Å². The van der Waals surface area contributed by atoms with Crippen LogP contribution in [0.3, 0.4) is 0 Å². The Labute approximate surface area is 150 Å². The van der Waals surface area contributed by atoms with Crippen molar-refractivity contribution >= 4 is 40.3 Å². The molecule has 1 fully saturated rings. The lowest BCUT2D eigenvalue weighted by Gasteiger charge is -2.17. The van der Waals surface area contributed by atoms with E-state index in [9.17, 15) is 14.4 Å². The molecule has 0 aliphatic carbocycles. The molecule has 1 saturated heterocycles. The summed E-state index contributed by atoms with van der Waals surface area (Å²) in [4.78, 5) is 43.5. The molecule has 0 radical (unpaired) electrons. The Morgan fingerprint density at radius 3 is 2.60 bits per heavy atom. The van der Waals surface area contributed by atoms with E-state index in [1.54, 1.807) is 24.3 Å². The first kappa shape index (κ1) is 17.7. The molecule has 0 bridgehead atoms. The normalized spacial score (nSPS) is 25.1. The van der Waals surface area contributed by atoms with Gasteiger partial charge in [0.15, 0.2) is 6.04 Å². The Hall–Kier alpha value is -2.15. The van der Waals surface area contributed by atoms with Gasteiger partial charge in [-0.05, 0) is 24.3 Å². The molecule has 1 aromatic carbocycles. The first-order valence-electron chi connectivity index (χ1n) is 8.31. The van der Waals surface area contributed by atoms with Crippen LogP contribution in [-0.2, 0) is 19.1 Å². The molecule has 132 valence electrons. The number of amides is 2. The fourth-order valence-corrected chi connectivity index (χ4v) is 4.42. The van der Waals surface area contributed by atoms with Gasteiger partial charge in [0.05, 0.1) is 23.8 Å². The number of aliphatic imine (C=N–C) groups is 1. The second-order valence-corrected chi connectivity index (χ2v) is 7.10.